The first kappa shape index (κ1) is 17.0. The van der Waals surface area contributed by atoms with Gasteiger partial charge in [-0.25, -0.2) is 14.4 Å². The van der Waals surface area contributed by atoms with Gasteiger partial charge in [-0.15, -0.1) is 0 Å². The van der Waals surface area contributed by atoms with E-state index in [-0.39, 0.29) is 22.7 Å². The molecular weight excluding hydrogens is 294 g/mol. The molecule has 1 rings (SSSR count). The van der Waals surface area contributed by atoms with Crippen molar-refractivity contribution >= 4 is 23.6 Å². The quantitative estimate of drug-likeness (QED) is 0.592. The van der Waals surface area contributed by atoms with Crippen molar-refractivity contribution in [2.24, 2.45) is 0 Å². The highest BCUT2D eigenvalue weighted by molar-refractivity contribution is 5.99. The number of nitrogens with one attached hydrogen (secondary N) is 1. The topological polar surface area (TPSA) is 111 Å². The molecule has 1 aromatic rings. The van der Waals surface area contributed by atoms with Gasteiger partial charge >= 0.3 is 17.9 Å². The Labute approximate surface area is 126 Å². The molecule has 0 bridgehead atoms. The van der Waals surface area contributed by atoms with Crippen molar-refractivity contribution in [2.75, 3.05) is 26.6 Å². The Hall–Kier alpha value is -3.03. The van der Waals surface area contributed by atoms with Gasteiger partial charge in [-0.05, 0) is 18.2 Å². The first-order chi connectivity index (χ1) is 10.4. The molecule has 0 aromatic heterocycles. The molecule has 0 spiro atoms. The van der Waals surface area contributed by atoms with Gasteiger partial charge < -0.3 is 24.6 Å². The number of anilines is 1. The van der Waals surface area contributed by atoms with E-state index >= 15 is 0 Å². The molecule has 0 fully saturated rings. The number of aromatic carboxylic acids is 1. The lowest BCUT2D eigenvalue weighted by atomic mass is 10.1. The maximum absolute atomic E-state index is 11.6. The highest BCUT2D eigenvalue weighted by atomic mass is 16.5. The standard InChI is InChI=1S/C14H15NO7/c1-20-11-5-4-8(6-9(11)13(17)18)15-10(14(19)22-3)7-12(16)21-2/h4-7,15H,1-3H3,(H,17,18)/b10-7+. The number of ether oxygens (including phenoxy) is 3. The molecule has 1 aromatic carbocycles. The molecule has 118 valence electrons. The molecule has 0 aliphatic heterocycles. The Kier molecular flexibility index (Phi) is 5.94. The Bertz CT molecular complexity index is 622. The van der Waals surface area contributed by atoms with Crippen LogP contribution in [0.1, 0.15) is 10.4 Å². The van der Waals surface area contributed by atoms with E-state index in [0.29, 0.717) is 0 Å². The third kappa shape index (κ3) is 4.23. The first-order valence-corrected chi connectivity index (χ1v) is 5.99. The smallest absolute Gasteiger partial charge is 0.354 e. The summed E-state index contributed by atoms with van der Waals surface area (Å²) in [5.41, 5.74) is -0.0376. The van der Waals surface area contributed by atoms with Crippen LogP contribution in [0.5, 0.6) is 5.75 Å². The molecule has 0 radical (unpaired) electrons. The molecule has 0 saturated heterocycles. The Morgan fingerprint density at radius 2 is 1.82 bits per heavy atom. The molecule has 0 unspecified atom stereocenters. The molecule has 22 heavy (non-hydrogen) atoms. The number of esters is 2. The number of carbonyl (C=O) groups excluding carboxylic acids is 2. The van der Waals surface area contributed by atoms with Gasteiger partial charge in [-0.1, -0.05) is 0 Å². The number of benzene rings is 1. The third-order valence-electron chi connectivity index (χ3n) is 2.58. The summed E-state index contributed by atoms with van der Waals surface area (Å²) in [5.74, 6) is -2.61. The number of carboxylic acid groups (broad SMARTS) is 1. The lowest BCUT2D eigenvalue weighted by molar-refractivity contribution is -0.138. The average molecular weight is 309 g/mol. The van der Waals surface area contributed by atoms with E-state index in [1.54, 1.807) is 0 Å². The number of rotatable bonds is 6. The zero-order valence-corrected chi connectivity index (χ0v) is 12.2. The van der Waals surface area contributed by atoms with E-state index in [4.69, 9.17) is 9.84 Å². The van der Waals surface area contributed by atoms with E-state index in [1.807, 2.05) is 0 Å². The van der Waals surface area contributed by atoms with Gasteiger partial charge in [-0.2, -0.15) is 0 Å². The molecule has 2 N–H and O–H groups in total. The van der Waals surface area contributed by atoms with Gasteiger partial charge in [0.2, 0.25) is 0 Å². The lowest BCUT2D eigenvalue weighted by Crippen LogP contribution is -2.15. The number of hydrogen-bond acceptors (Lipinski definition) is 7. The molecule has 0 saturated carbocycles. The predicted molar refractivity (Wildman–Crippen MR) is 75.7 cm³/mol. The van der Waals surface area contributed by atoms with E-state index in [9.17, 15) is 14.4 Å². The summed E-state index contributed by atoms with van der Waals surface area (Å²) in [4.78, 5) is 34.0. The number of methoxy groups -OCH3 is 3. The van der Waals surface area contributed by atoms with E-state index < -0.39 is 17.9 Å². The van der Waals surface area contributed by atoms with Gasteiger partial charge in [0.25, 0.3) is 0 Å². The number of hydrogen-bond donors (Lipinski definition) is 2. The van der Waals surface area contributed by atoms with Crippen molar-refractivity contribution in [2.45, 2.75) is 0 Å². The molecule has 0 heterocycles. The van der Waals surface area contributed by atoms with Crippen LogP contribution in [0.2, 0.25) is 0 Å². The van der Waals surface area contributed by atoms with Crippen LogP contribution in [0, 0.1) is 0 Å². The fraction of sp³-hybridized carbons (Fsp3) is 0.214. The van der Waals surface area contributed by atoms with Gasteiger partial charge in [0.1, 0.15) is 17.0 Å². The summed E-state index contributed by atoms with van der Waals surface area (Å²) >= 11 is 0. The maximum atomic E-state index is 11.6. The minimum atomic E-state index is -1.20. The normalized spacial score (nSPS) is 10.6. The summed E-state index contributed by atoms with van der Waals surface area (Å²) in [6.07, 6.45) is 0.899. The Morgan fingerprint density at radius 1 is 1.14 bits per heavy atom. The number of carboxylic acids is 1. The van der Waals surface area contributed by atoms with Crippen LogP contribution in [-0.2, 0) is 19.1 Å². The van der Waals surface area contributed by atoms with Crippen LogP contribution in [0.3, 0.4) is 0 Å². The molecular formula is C14H15NO7. The predicted octanol–water partition coefficient (Wildman–Crippen LogP) is 1.04. The summed E-state index contributed by atoms with van der Waals surface area (Å²) in [6, 6.07) is 4.16. The molecule has 0 atom stereocenters. The fourth-order valence-electron chi connectivity index (χ4n) is 1.54. The van der Waals surface area contributed by atoms with Gasteiger partial charge in [-0.3, -0.25) is 0 Å². The lowest BCUT2D eigenvalue weighted by Gasteiger charge is -2.11. The van der Waals surface area contributed by atoms with Crippen molar-refractivity contribution in [3.63, 3.8) is 0 Å². The second kappa shape index (κ2) is 7.67. The largest absolute Gasteiger partial charge is 0.496 e. The van der Waals surface area contributed by atoms with Gasteiger partial charge in [0, 0.05) is 5.69 Å². The van der Waals surface area contributed by atoms with Crippen LogP contribution in [0.4, 0.5) is 5.69 Å². The van der Waals surface area contributed by atoms with Crippen molar-refractivity contribution in [1.82, 2.24) is 0 Å². The summed E-state index contributed by atoms with van der Waals surface area (Å²) in [7, 11) is 3.64. The fourth-order valence-corrected chi connectivity index (χ4v) is 1.54. The van der Waals surface area contributed by atoms with Crippen molar-refractivity contribution in [3.8, 4) is 5.75 Å². The zero-order chi connectivity index (χ0) is 16.7. The summed E-state index contributed by atoms with van der Waals surface area (Å²) < 4.78 is 13.9. The summed E-state index contributed by atoms with van der Waals surface area (Å²) in [6.45, 7) is 0. The van der Waals surface area contributed by atoms with Crippen LogP contribution in [0.25, 0.3) is 0 Å². The minimum absolute atomic E-state index is 0.102. The molecule has 0 amide bonds. The average Bonchev–Trinajstić information content (AvgIpc) is 2.52. The highest BCUT2D eigenvalue weighted by Gasteiger charge is 2.16. The minimum Gasteiger partial charge on any atom is -0.496 e. The zero-order valence-electron chi connectivity index (χ0n) is 12.2. The number of carbonyl (C=O) groups is 3. The molecule has 0 aliphatic rings. The highest BCUT2D eigenvalue weighted by Crippen LogP contribution is 2.23. The molecule has 8 heteroatoms. The maximum Gasteiger partial charge on any atom is 0.354 e. The summed E-state index contributed by atoms with van der Waals surface area (Å²) in [5, 5.41) is 11.7. The van der Waals surface area contributed by atoms with Crippen molar-refractivity contribution in [3.05, 3.63) is 35.5 Å². The van der Waals surface area contributed by atoms with E-state index in [0.717, 1.165) is 20.3 Å². The van der Waals surface area contributed by atoms with Crippen LogP contribution < -0.4 is 10.1 Å². The first-order valence-electron chi connectivity index (χ1n) is 5.99. The van der Waals surface area contributed by atoms with Crippen molar-refractivity contribution < 1.29 is 33.7 Å². The van der Waals surface area contributed by atoms with E-state index in [2.05, 4.69) is 14.8 Å². The molecule has 0 aliphatic carbocycles. The monoisotopic (exact) mass is 309 g/mol. The SMILES string of the molecule is COC(=O)/C=C(/Nc1ccc(OC)c(C(=O)O)c1)C(=O)OC. The second-order valence-corrected chi connectivity index (χ2v) is 3.92. The van der Waals surface area contributed by atoms with E-state index in [1.165, 1.54) is 25.3 Å². The molecule has 8 nitrogen and oxygen atoms in total. The Balaban J connectivity index is 3.16. The van der Waals surface area contributed by atoms with Crippen LogP contribution >= 0.6 is 0 Å². The van der Waals surface area contributed by atoms with Crippen molar-refractivity contribution in [1.29, 1.82) is 0 Å². The van der Waals surface area contributed by atoms with Gasteiger partial charge in [0.15, 0.2) is 0 Å². The third-order valence-corrected chi connectivity index (χ3v) is 2.58. The van der Waals surface area contributed by atoms with Gasteiger partial charge in [0.05, 0.1) is 27.4 Å². The van der Waals surface area contributed by atoms with Crippen LogP contribution in [-0.4, -0.2) is 44.3 Å². The Morgan fingerprint density at radius 3 is 2.32 bits per heavy atom. The second-order valence-electron chi connectivity index (χ2n) is 3.92. The van der Waals surface area contributed by atoms with Crippen LogP contribution in [0.15, 0.2) is 30.0 Å².